The van der Waals surface area contributed by atoms with Crippen LogP contribution in [0.15, 0.2) is 169 Å². The number of ether oxygens (including phenoxy) is 1. The van der Waals surface area contributed by atoms with Crippen LogP contribution in [0.2, 0.25) is 0 Å². The first-order valence-electron chi connectivity index (χ1n) is 19.7. The predicted octanol–water partition coefficient (Wildman–Crippen LogP) is 7.95. The number of benzene rings is 5. The molecule has 59 heavy (non-hydrogen) atoms. The maximum atomic E-state index is 15.7. The fourth-order valence-corrected chi connectivity index (χ4v) is 10.1. The van der Waals surface area contributed by atoms with Crippen molar-refractivity contribution in [1.82, 2.24) is 19.5 Å². The van der Waals surface area contributed by atoms with Crippen LogP contribution in [-0.4, -0.2) is 59.7 Å². The van der Waals surface area contributed by atoms with Crippen molar-refractivity contribution in [2.75, 3.05) is 13.7 Å². The Morgan fingerprint density at radius 3 is 1.85 bits per heavy atom. The van der Waals surface area contributed by atoms with Gasteiger partial charge in [0.05, 0.1) is 12.0 Å². The maximum Gasteiger partial charge on any atom is 0.347 e. The van der Waals surface area contributed by atoms with Crippen molar-refractivity contribution in [2.24, 2.45) is 0 Å². The Bertz CT molecular complexity index is 2410. The number of hydrogen-bond donors (Lipinski definition) is 1. The lowest BCUT2D eigenvalue weighted by atomic mass is 9.76. The van der Waals surface area contributed by atoms with Crippen molar-refractivity contribution < 1.29 is 27.5 Å². The third-order valence-electron chi connectivity index (χ3n) is 10.9. The Morgan fingerprint density at radius 1 is 0.763 bits per heavy atom. The van der Waals surface area contributed by atoms with Crippen molar-refractivity contribution in [2.45, 2.75) is 55.2 Å². The first-order valence-corrected chi connectivity index (χ1v) is 21.1. The zero-order valence-corrected chi connectivity index (χ0v) is 33.8. The lowest BCUT2D eigenvalue weighted by Crippen LogP contribution is -2.62. The number of carbonyl (C=O) groups is 3. The fourth-order valence-electron chi connectivity index (χ4n) is 8.17. The van der Waals surface area contributed by atoms with E-state index in [1.807, 2.05) is 122 Å². The van der Waals surface area contributed by atoms with Crippen LogP contribution >= 0.6 is 0 Å². The zero-order chi connectivity index (χ0) is 41.5. The number of esters is 1. The predicted molar refractivity (Wildman–Crippen MR) is 226 cm³/mol. The van der Waals surface area contributed by atoms with E-state index in [0.717, 1.165) is 9.87 Å². The molecular weight excluding hydrogens is 761 g/mol. The van der Waals surface area contributed by atoms with Gasteiger partial charge in [0.2, 0.25) is 5.91 Å². The topological polar surface area (TPSA) is 126 Å². The SMILES string of the molecule is CCCC(=O)N(C(c1ccccc1)(c1ccccc1)c1ccccc1)S(=O)(=O)c1ccccc1-c1ccc(CNC2(C(=O)OC)CCCN2C(=O)c2ccncc2)cc1. The van der Waals surface area contributed by atoms with Crippen LogP contribution in [0.25, 0.3) is 11.1 Å². The van der Waals surface area contributed by atoms with Gasteiger partial charge in [0.15, 0.2) is 5.66 Å². The van der Waals surface area contributed by atoms with Gasteiger partial charge in [-0.1, -0.05) is 140 Å². The Kier molecular flexibility index (Phi) is 12.2. The molecule has 1 atom stereocenters. The third kappa shape index (κ3) is 7.67. The Hall–Kier alpha value is -6.43. The zero-order valence-electron chi connectivity index (χ0n) is 33.0. The van der Waals surface area contributed by atoms with Gasteiger partial charge in [-0.05, 0) is 65.3 Å². The van der Waals surface area contributed by atoms with Crippen LogP contribution in [0, 0.1) is 0 Å². The number of hydrogen-bond acceptors (Lipinski definition) is 8. The molecule has 0 saturated carbocycles. The van der Waals surface area contributed by atoms with E-state index in [1.54, 1.807) is 36.4 Å². The van der Waals surface area contributed by atoms with Gasteiger partial charge in [-0.3, -0.25) is 19.9 Å². The molecule has 1 aliphatic heterocycles. The molecule has 0 spiro atoms. The molecule has 0 aliphatic carbocycles. The molecule has 1 unspecified atom stereocenters. The standard InChI is InChI=1S/C48H46N4O6S/c1-3-16-44(53)52(48(39-17-7-4-8-18-39,40-19-9-5-10-20-40)41-21-11-6-12-22-41)59(56,57)43-24-14-13-23-42(43)37-27-25-36(26-28-37)35-50-47(46(55)58-2)31-15-34-51(47)45(54)38-29-32-49-33-30-38/h4-14,17-30,32-33,50H,3,15-16,31,34-35H2,1-2H3. The Balaban J connectivity index is 1.29. The number of likely N-dealkylation sites (tertiary alicyclic amines) is 1. The Morgan fingerprint density at radius 2 is 1.31 bits per heavy atom. The van der Waals surface area contributed by atoms with E-state index in [2.05, 4.69) is 10.3 Å². The van der Waals surface area contributed by atoms with E-state index < -0.39 is 33.1 Å². The van der Waals surface area contributed by atoms with Gasteiger partial charge in [0.25, 0.3) is 15.9 Å². The molecule has 7 rings (SSSR count). The lowest BCUT2D eigenvalue weighted by molar-refractivity contribution is -0.154. The first-order chi connectivity index (χ1) is 28.7. The number of rotatable bonds is 14. The van der Waals surface area contributed by atoms with Crippen molar-refractivity contribution >= 4 is 27.8 Å². The fraction of sp³-hybridized carbons (Fsp3) is 0.208. The average Bonchev–Trinajstić information content (AvgIpc) is 3.73. The van der Waals surface area contributed by atoms with Gasteiger partial charge in [-0.2, -0.15) is 0 Å². The number of amides is 2. The van der Waals surface area contributed by atoms with Crippen molar-refractivity contribution in [3.63, 3.8) is 0 Å². The minimum Gasteiger partial charge on any atom is -0.466 e. The molecule has 0 bridgehead atoms. The summed E-state index contributed by atoms with van der Waals surface area (Å²) in [5, 5.41) is 3.34. The summed E-state index contributed by atoms with van der Waals surface area (Å²) in [7, 11) is -3.31. The highest BCUT2D eigenvalue weighted by Gasteiger charge is 2.52. The quantitative estimate of drug-likeness (QED) is 0.0869. The van der Waals surface area contributed by atoms with Crippen LogP contribution in [0.4, 0.5) is 0 Å². The summed E-state index contributed by atoms with van der Waals surface area (Å²) in [4.78, 5) is 47.2. The van der Waals surface area contributed by atoms with E-state index in [-0.39, 0.29) is 23.8 Å². The summed E-state index contributed by atoms with van der Waals surface area (Å²) in [5.74, 6) is -1.41. The molecule has 1 fully saturated rings. The number of sulfonamides is 1. The van der Waals surface area contributed by atoms with Crippen molar-refractivity contribution in [3.05, 3.63) is 192 Å². The van der Waals surface area contributed by atoms with Crippen LogP contribution in [0.5, 0.6) is 0 Å². The molecular formula is C48H46N4O6S. The summed E-state index contributed by atoms with van der Waals surface area (Å²) in [6.45, 7) is 2.44. The van der Waals surface area contributed by atoms with E-state index in [4.69, 9.17) is 4.74 Å². The monoisotopic (exact) mass is 806 g/mol. The smallest absolute Gasteiger partial charge is 0.347 e. The van der Waals surface area contributed by atoms with E-state index in [1.165, 1.54) is 24.4 Å². The number of methoxy groups -OCH3 is 1. The highest BCUT2D eigenvalue weighted by Crippen LogP contribution is 2.47. The summed E-state index contributed by atoms with van der Waals surface area (Å²) in [6, 6.07) is 45.2. The molecule has 10 nitrogen and oxygen atoms in total. The second-order valence-corrected chi connectivity index (χ2v) is 16.2. The molecule has 1 aliphatic rings. The molecule has 11 heteroatoms. The van der Waals surface area contributed by atoms with Gasteiger partial charge >= 0.3 is 5.97 Å². The largest absolute Gasteiger partial charge is 0.466 e. The second-order valence-electron chi connectivity index (χ2n) is 14.4. The lowest BCUT2D eigenvalue weighted by Gasteiger charge is -2.44. The summed E-state index contributed by atoms with van der Waals surface area (Å²) in [6.07, 6.45) is 4.46. The number of carbonyl (C=O) groups excluding carboxylic acids is 3. The summed E-state index contributed by atoms with van der Waals surface area (Å²) in [5.41, 5.74) is 1.13. The average molecular weight is 807 g/mol. The van der Waals surface area contributed by atoms with Crippen LogP contribution in [0.3, 0.4) is 0 Å². The number of nitrogens with one attached hydrogen (secondary N) is 1. The number of aromatic nitrogens is 1. The van der Waals surface area contributed by atoms with Gasteiger partial charge < -0.3 is 9.64 Å². The maximum absolute atomic E-state index is 15.7. The second kappa shape index (κ2) is 17.6. The van der Waals surface area contributed by atoms with Crippen LogP contribution in [-0.2, 0) is 36.4 Å². The number of nitrogens with zero attached hydrogens (tertiary/aromatic N) is 3. The highest BCUT2D eigenvalue weighted by atomic mass is 32.2. The minimum absolute atomic E-state index is 0.00398. The first kappa shape index (κ1) is 40.8. The highest BCUT2D eigenvalue weighted by molar-refractivity contribution is 7.89. The van der Waals surface area contributed by atoms with Gasteiger partial charge in [-0.15, -0.1) is 0 Å². The van der Waals surface area contributed by atoms with Crippen LogP contribution < -0.4 is 5.32 Å². The normalized spacial score (nSPS) is 15.4. The molecule has 0 radical (unpaired) electrons. The summed E-state index contributed by atoms with van der Waals surface area (Å²) < 4.78 is 37.7. The Labute approximate surface area is 345 Å². The molecule has 2 amide bonds. The molecule has 2 heterocycles. The van der Waals surface area contributed by atoms with Crippen molar-refractivity contribution in [1.29, 1.82) is 0 Å². The molecule has 300 valence electrons. The summed E-state index contributed by atoms with van der Waals surface area (Å²) >= 11 is 0. The van der Waals surface area contributed by atoms with Gasteiger partial charge in [0.1, 0.15) is 5.54 Å². The minimum atomic E-state index is -4.61. The van der Waals surface area contributed by atoms with Crippen LogP contribution in [0.1, 0.15) is 65.2 Å². The van der Waals surface area contributed by atoms with Crippen molar-refractivity contribution in [3.8, 4) is 11.1 Å². The molecule has 6 aromatic rings. The van der Waals surface area contributed by atoms with E-state index in [9.17, 15) is 14.4 Å². The molecule has 1 N–H and O–H groups in total. The molecule has 1 aromatic heterocycles. The number of pyridine rings is 1. The molecule has 1 saturated heterocycles. The van der Waals surface area contributed by atoms with Gasteiger partial charge in [0, 0.05) is 43.0 Å². The van der Waals surface area contributed by atoms with Gasteiger partial charge in [-0.25, -0.2) is 17.5 Å². The van der Waals surface area contributed by atoms with E-state index >= 15 is 8.42 Å². The molecule has 5 aromatic carbocycles. The van der Waals surface area contributed by atoms with E-state index in [0.29, 0.717) is 59.2 Å². The third-order valence-corrected chi connectivity index (χ3v) is 12.8.